The zero-order chi connectivity index (χ0) is 30.6. The molecule has 12 heteroatoms. The molecule has 2 aromatic rings. The van der Waals surface area contributed by atoms with Gasteiger partial charge in [0.2, 0.25) is 5.91 Å². The topological polar surface area (TPSA) is 158 Å². The molecule has 2 aliphatic rings. The molecule has 0 saturated heterocycles. The fourth-order valence-corrected chi connectivity index (χ4v) is 4.01. The van der Waals surface area contributed by atoms with Gasteiger partial charge < -0.3 is 35.1 Å². The number of amides is 3. The first-order valence-corrected chi connectivity index (χ1v) is 12.9. The lowest BCUT2D eigenvalue weighted by Crippen LogP contribution is -2.50. The number of fused-ring (bicyclic) bond motifs is 2. The van der Waals surface area contributed by atoms with E-state index in [9.17, 15) is 24.0 Å². The van der Waals surface area contributed by atoms with E-state index >= 15 is 0 Å². The van der Waals surface area contributed by atoms with Crippen LogP contribution in [0.2, 0.25) is 0 Å². The lowest BCUT2D eigenvalue weighted by atomic mass is 10.1. The van der Waals surface area contributed by atoms with Gasteiger partial charge in [0.1, 0.15) is 42.4 Å². The van der Waals surface area contributed by atoms with Gasteiger partial charge in [-0.2, -0.15) is 0 Å². The van der Waals surface area contributed by atoms with E-state index in [0.29, 0.717) is 34.0 Å². The molecule has 2 aromatic carbocycles. The molecule has 0 radical (unpaired) electrons. The molecule has 2 atom stereocenters. The van der Waals surface area contributed by atoms with Crippen molar-refractivity contribution in [1.82, 2.24) is 5.32 Å². The highest BCUT2D eigenvalue weighted by molar-refractivity contribution is 6.03. The fourth-order valence-electron chi connectivity index (χ4n) is 4.01. The summed E-state index contributed by atoms with van der Waals surface area (Å²) in [6.45, 7) is 8.28. The Balaban J connectivity index is 0.000000239. The number of rotatable bonds is 3. The quantitative estimate of drug-likeness (QED) is 0.531. The zero-order valence-electron chi connectivity index (χ0n) is 24.3. The Labute approximate surface area is 238 Å². The summed E-state index contributed by atoms with van der Waals surface area (Å²) < 4.78 is 16.2. The van der Waals surface area contributed by atoms with Crippen molar-refractivity contribution in [2.24, 2.45) is 5.73 Å². The highest BCUT2D eigenvalue weighted by Crippen LogP contribution is 2.32. The molecule has 0 aliphatic carbocycles. The average Bonchev–Trinajstić information content (AvgIpc) is 3.08. The number of hydrogen-bond donors (Lipinski definition) is 2. The van der Waals surface area contributed by atoms with E-state index in [1.807, 2.05) is 0 Å². The maximum Gasteiger partial charge on any atom is 0.408 e. The molecular weight excluding hydrogens is 532 g/mol. The minimum Gasteiger partial charge on any atom is -0.489 e. The number of anilines is 2. The summed E-state index contributed by atoms with van der Waals surface area (Å²) in [4.78, 5) is 61.9. The molecule has 220 valence electrons. The summed E-state index contributed by atoms with van der Waals surface area (Å²) in [7, 11) is 3.20. The molecular formula is C29H36N4O8. The Hall–Kier alpha value is -4.45. The first kappa shape index (κ1) is 31.1. The van der Waals surface area contributed by atoms with Crippen LogP contribution in [0.25, 0.3) is 0 Å². The highest BCUT2D eigenvalue weighted by Gasteiger charge is 2.32. The normalized spacial score (nSPS) is 18.2. The van der Waals surface area contributed by atoms with E-state index < -0.39 is 23.8 Å². The minimum absolute atomic E-state index is 0.0190. The SMILES string of the molecule is CC(=O)c1ccc2c(c1)N(C)C(=O)[C@@H](N)CO2.CC(=O)c1ccc2c(c1)N(C)C(=O)[C@@H](NC(=O)OC(C)(C)C)CO2. The fraction of sp³-hybridized carbons (Fsp3) is 0.414. The van der Waals surface area contributed by atoms with Crippen LogP contribution in [-0.2, 0) is 14.3 Å². The summed E-state index contributed by atoms with van der Waals surface area (Å²) in [6, 6.07) is 8.35. The van der Waals surface area contributed by atoms with Crippen LogP contribution in [0.1, 0.15) is 55.3 Å². The number of ketones is 2. The molecule has 0 spiro atoms. The second-order valence-corrected chi connectivity index (χ2v) is 10.7. The summed E-state index contributed by atoms with van der Waals surface area (Å²) >= 11 is 0. The standard InChI is InChI=1S/C17H22N2O5.C12H14N2O3/c1-10(20)11-6-7-14-13(8-11)19(5)15(21)12(9-23-14)18-16(22)24-17(2,3)4;1-7(15)8-3-4-11-10(5-8)14(2)12(16)9(13)6-17-11/h6-8,12H,9H2,1-5H3,(H,18,22);3-5,9H,6,13H2,1-2H3/t12-;9-/m00/s1. The summed E-state index contributed by atoms with van der Waals surface area (Å²) in [6.07, 6.45) is -0.687. The van der Waals surface area contributed by atoms with Gasteiger partial charge in [0.15, 0.2) is 11.6 Å². The molecule has 0 saturated carbocycles. The first-order chi connectivity index (χ1) is 19.1. The Morgan fingerprint density at radius 3 is 1.78 bits per heavy atom. The van der Waals surface area contributed by atoms with E-state index in [-0.39, 0.29) is 36.6 Å². The molecule has 0 bridgehead atoms. The number of hydrogen-bond acceptors (Lipinski definition) is 9. The first-order valence-electron chi connectivity index (χ1n) is 12.9. The van der Waals surface area contributed by atoms with Gasteiger partial charge in [0.25, 0.3) is 5.91 Å². The monoisotopic (exact) mass is 568 g/mol. The van der Waals surface area contributed by atoms with Crippen LogP contribution in [0.4, 0.5) is 16.2 Å². The Morgan fingerprint density at radius 1 is 0.854 bits per heavy atom. The highest BCUT2D eigenvalue weighted by atomic mass is 16.6. The van der Waals surface area contributed by atoms with Gasteiger partial charge in [-0.3, -0.25) is 19.2 Å². The molecule has 2 heterocycles. The van der Waals surface area contributed by atoms with Crippen LogP contribution in [0.15, 0.2) is 36.4 Å². The molecule has 4 rings (SSSR count). The minimum atomic E-state index is -0.877. The van der Waals surface area contributed by atoms with Crippen molar-refractivity contribution in [2.75, 3.05) is 37.1 Å². The number of nitrogens with one attached hydrogen (secondary N) is 1. The van der Waals surface area contributed by atoms with E-state index in [1.165, 1.54) is 23.6 Å². The third-order valence-electron chi connectivity index (χ3n) is 6.24. The third-order valence-corrected chi connectivity index (χ3v) is 6.24. The predicted octanol–water partition coefficient (Wildman–Crippen LogP) is 2.71. The summed E-state index contributed by atoms with van der Waals surface area (Å²) in [5, 5.41) is 2.52. The number of carbonyl (C=O) groups excluding carboxylic acids is 5. The van der Waals surface area contributed by atoms with Gasteiger partial charge in [-0.25, -0.2) is 4.79 Å². The smallest absolute Gasteiger partial charge is 0.408 e. The second-order valence-electron chi connectivity index (χ2n) is 10.7. The largest absolute Gasteiger partial charge is 0.489 e. The Kier molecular flexibility index (Phi) is 9.38. The molecule has 0 aromatic heterocycles. The van der Waals surface area contributed by atoms with Gasteiger partial charge in [-0.05, 0) is 71.0 Å². The summed E-state index contributed by atoms with van der Waals surface area (Å²) in [5.74, 6) is 0.321. The van der Waals surface area contributed by atoms with Crippen molar-refractivity contribution in [3.05, 3.63) is 47.5 Å². The van der Waals surface area contributed by atoms with Crippen LogP contribution >= 0.6 is 0 Å². The lowest BCUT2D eigenvalue weighted by Gasteiger charge is -2.23. The Bertz CT molecular complexity index is 1370. The lowest BCUT2D eigenvalue weighted by molar-refractivity contribution is -0.121. The molecule has 41 heavy (non-hydrogen) atoms. The number of ether oxygens (including phenoxy) is 3. The van der Waals surface area contributed by atoms with Crippen molar-refractivity contribution >= 4 is 40.8 Å². The number of nitrogens with two attached hydrogens (primary N) is 1. The van der Waals surface area contributed by atoms with Crippen LogP contribution < -0.4 is 30.3 Å². The maximum absolute atomic E-state index is 12.6. The van der Waals surface area contributed by atoms with E-state index in [0.717, 1.165) is 0 Å². The van der Waals surface area contributed by atoms with Gasteiger partial charge in [0.05, 0.1) is 11.4 Å². The number of benzene rings is 2. The summed E-state index contributed by atoms with van der Waals surface area (Å²) in [5.41, 5.74) is 7.09. The maximum atomic E-state index is 12.6. The van der Waals surface area contributed by atoms with Crippen molar-refractivity contribution in [1.29, 1.82) is 0 Å². The number of Topliss-reactive ketones (excluding diaryl/α,β-unsaturated/α-hetero) is 2. The van der Waals surface area contributed by atoms with Crippen LogP contribution in [0.5, 0.6) is 11.5 Å². The van der Waals surface area contributed by atoms with Crippen LogP contribution in [-0.4, -0.2) is 74.5 Å². The molecule has 3 amide bonds. The molecule has 2 aliphatic heterocycles. The second kappa shape index (κ2) is 12.4. The van der Waals surface area contributed by atoms with Gasteiger partial charge in [-0.1, -0.05) is 0 Å². The van der Waals surface area contributed by atoms with E-state index in [1.54, 1.807) is 71.3 Å². The Morgan fingerprint density at radius 2 is 1.32 bits per heavy atom. The average molecular weight is 569 g/mol. The van der Waals surface area contributed by atoms with Crippen LogP contribution in [0, 0.1) is 0 Å². The zero-order valence-corrected chi connectivity index (χ0v) is 24.3. The number of nitrogens with zero attached hydrogens (tertiary/aromatic N) is 2. The van der Waals surface area contributed by atoms with Gasteiger partial charge in [0, 0.05) is 25.2 Å². The van der Waals surface area contributed by atoms with Crippen molar-refractivity contribution < 1.29 is 38.2 Å². The third kappa shape index (κ3) is 7.60. The number of likely N-dealkylation sites (N-methyl/N-ethyl adjacent to an activating group) is 2. The van der Waals surface area contributed by atoms with Crippen molar-refractivity contribution in [3.63, 3.8) is 0 Å². The van der Waals surface area contributed by atoms with Gasteiger partial charge >= 0.3 is 6.09 Å². The molecule has 0 unspecified atom stereocenters. The van der Waals surface area contributed by atoms with Crippen molar-refractivity contribution in [3.8, 4) is 11.5 Å². The van der Waals surface area contributed by atoms with Crippen LogP contribution in [0.3, 0.4) is 0 Å². The van der Waals surface area contributed by atoms with Crippen molar-refractivity contribution in [2.45, 2.75) is 52.3 Å². The van der Waals surface area contributed by atoms with E-state index in [4.69, 9.17) is 19.9 Å². The van der Waals surface area contributed by atoms with Gasteiger partial charge in [-0.15, -0.1) is 0 Å². The molecule has 0 fully saturated rings. The van der Waals surface area contributed by atoms with E-state index in [2.05, 4.69) is 5.32 Å². The number of alkyl carbamates (subject to hydrolysis) is 1. The predicted molar refractivity (Wildman–Crippen MR) is 152 cm³/mol. The molecule has 3 N–H and O–H groups in total. The number of carbonyl (C=O) groups is 5. The molecule has 12 nitrogen and oxygen atoms in total.